The quantitative estimate of drug-likeness (QED) is 0.150. The third-order valence-electron chi connectivity index (χ3n) is 7.72. The van der Waals surface area contributed by atoms with Gasteiger partial charge in [-0.3, -0.25) is 13.9 Å². The van der Waals surface area contributed by atoms with Crippen LogP contribution in [-0.4, -0.2) is 43.8 Å². The summed E-state index contributed by atoms with van der Waals surface area (Å²) >= 11 is 25.6. The minimum Gasteiger partial charge on any atom is -0.352 e. The molecule has 4 rings (SSSR count). The second-order valence-electron chi connectivity index (χ2n) is 11.2. The first-order valence-corrected chi connectivity index (χ1v) is 17.9. The maximum atomic E-state index is 14.6. The van der Waals surface area contributed by atoms with Crippen molar-refractivity contribution in [3.8, 4) is 0 Å². The van der Waals surface area contributed by atoms with Gasteiger partial charge in [-0.05, 0) is 67.8 Å². The molecule has 12 heteroatoms. The van der Waals surface area contributed by atoms with Crippen LogP contribution in [0.15, 0.2) is 95.9 Å². The van der Waals surface area contributed by atoms with Gasteiger partial charge in [0.15, 0.2) is 0 Å². The van der Waals surface area contributed by atoms with Gasteiger partial charge in [0.1, 0.15) is 12.6 Å². The fourth-order valence-electron chi connectivity index (χ4n) is 4.86. The monoisotopic (exact) mass is 733 g/mol. The molecule has 1 N–H and O–H groups in total. The zero-order valence-corrected chi connectivity index (χ0v) is 29.9. The maximum absolute atomic E-state index is 14.6. The SMILES string of the molecule is CC[C@H](C)NC(=O)[C@H](Cc1ccccc1)N(Cc1ccc(Cl)cc1Cl)C(=O)CN(c1cccc(Cl)c1Cl)S(=O)(=O)c1ccc(C)cc1. The summed E-state index contributed by atoms with van der Waals surface area (Å²) in [6, 6.07) is 23.7. The topological polar surface area (TPSA) is 86.8 Å². The Morgan fingerprint density at radius 2 is 1.53 bits per heavy atom. The van der Waals surface area contributed by atoms with Gasteiger partial charge in [-0.1, -0.05) is 113 Å². The Bertz CT molecular complexity index is 1820. The van der Waals surface area contributed by atoms with Crippen LogP contribution in [0.4, 0.5) is 5.69 Å². The highest BCUT2D eigenvalue weighted by Crippen LogP contribution is 2.36. The van der Waals surface area contributed by atoms with E-state index in [-0.39, 0.29) is 44.7 Å². The molecule has 0 spiro atoms. The Hall–Kier alpha value is -3.27. The number of carbonyl (C=O) groups excluding carboxylic acids is 2. The van der Waals surface area contributed by atoms with Crippen LogP contribution in [0, 0.1) is 6.92 Å². The predicted molar refractivity (Wildman–Crippen MR) is 191 cm³/mol. The molecule has 4 aromatic carbocycles. The average molecular weight is 736 g/mol. The van der Waals surface area contributed by atoms with Crippen molar-refractivity contribution in [3.63, 3.8) is 0 Å². The third-order valence-corrected chi connectivity index (χ3v) is 10.9. The number of aryl methyl sites for hydroxylation is 1. The second-order valence-corrected chi connectivity index (χ2v) is 14.7. The number of nitrogens with zero attached hydrogens (tertiary/aromatic N) is 2. The maximum Gasteiger partial charge on any atom is 0.264 e. The molecule has 0 aliphatic heterocycles. The van der Waals surface area contributed by atoms with E-state index in [0.717, 1.165) is 15.4 Å². The lowest BCUT2D eigenvalue weighted by molar-refractivity contribution is -0.140. The number of nitrogens with one attached hydrogen (secondary N) is 1. The number of benzene rings is 4. The van der Waals surface area contributed by atoms with Crippen LogP contribution in [-0.2, 0) is 32.6 Å². The summed E-state index contributed by atoms with van der Waals surface area (Å²) in [7, 11) is -4.35. The summed E-state index contributed by atoms with van der Waals surface area (Å²) in [5, 5.41) is 3.76. The van der Waals surface area contributed by atoms with E-state index in [1.165, 1.54) is 29.2 Å². The Morgan fingerprint density at radius 3 is 2.17 bits per heavy atom. The van der Waals surface area contributed by atoms with Crippen molar-refractivity contribution in [1.82, 2.24) is 10.2 Å². The molecule has 0 radical (unpaired) electrons. The molecule has 4 aromatic rings. The van der Waals surface area contributed by atoms with Crippen molar-refractivity contribution in [2.45, 2.75) is 57.1 Å². The lowest BCUT2D eigenvalue weighted by atomic mass is 10.0. The van der Waals surface area contributed by atoms with Crippen molar-refractivity contribution < 1.29 is 18.0 Å². The molecule has 248 valence electrons. The van der Waals surface area contributed by atoms with Crippen molar-refractivity contribution in [2.75, 3.05) is 10.8 Å². The van der Waals surface area contributed by atoms with E-state index < -0.39 is 34.4 Å². The number of rotatable bonds is 13. The highest BCUT2D eigenvalue weighted by molar-refractivity contribution is 7.92. The molecular weight excluding hydrogens is 700 g/mol. The molecule has 7 nitrogen and oxygen atoms in total. The molecular formula is C35H35Cl4N3O4S. The summed E-state index contributed by atoms with van der Waals surface area (Å²) in [5.41, 5.74) is 2.20. The van der Waals surface area contributed by atoms with Crippen molar-refractivity contribution in [3.05, 3.63) is 128 Å². The van der Waals surface area contributed by atoms with Crippen molar-refractivity contribution in [2.24, 2.45) is 0 Å². The largest absolute Gasteiger partial charge is 0.352 e. The van der Waals surface area contributed by atoms with Gasteiger partial charge in [-0.15, -0.1) is 0 Å². The number of halogens is 4. The summed E-state index contributed by atoms with van der Waals surface area (Å²) < 4.78 is 29.4. The number of carbonyl (C=O) groups is 2. The first-order chi connectivity index (χ1) is 22.3. The van der Waals surface area contributed by atoms with Gasteiger partial charge in [0.25, 0.3) is 10.0 Å². The summed E-state index contributed by atoms with van der Waals surface area (Å²) in [4.78, 5) is 29.9. The Kier molecular flexibility index (Phi) is 12.6. The van der Waals surface area contributed by atoms with Crippen molar-refractivity contribution in [1.29, 1.82) is 0 Å². The molecule has 0 aromatic heterocycles. The highest BCUT2D eigenvalue weighted by Gasteiger charge is 2.36. The summed E-state index contributed by atoms with van der Waals surface area (Å²) in [5.74, 6) is -1.06. The fraction of sp³-hybridized carbons (Fsp3) is 0.257. The van der Waals surface area contributed by atoms with Crippen LogP contribution in [0.25, 0.3) is 0 Å². The molecule has 47 heavy (non-hydrogen) atoms. The lowest BCUT2D eigenvalue weighted by Crippen LogP contribution is -2.54. The zero-order valence-electron chi connectivity index (χ0n) is 26.1. The average Bonchev–Trinajstić information content (AvgIpc) is 3.04. The minimum atomic E-state index is -4.35. The lowest BCUT2D eigenvalue weighted by Gasteiger charge is -2.34. The Balaban J connectivity index is 1.86. The van der Waals surface area contributed by atoms with Crippen LogP contribution in [0.3, 0.4) is 0 Å². The summed E-state index contributed by atoms with van der Waals surface area (Å²) in [6.07, 6.45) is 0.819. The van der Waals surface area contributed by atoms with E-state index in [9.17, 15) is 18.0 Å². The van der Waals surface area contributed by atoms with Crippen LogP contribution < -0.4 is 9.62 Å². The van der Waals surface area contributed by atoms with Gasteiger partial charge < -0.3 is 10.2 Å². The van der Waals surface area contributed by atoms with Crippen LogP contribution in [0.1, 0.15) is 37.0 Å². The third kappa shape index (κ3) is 9.21. The first-order valence-electron chi connectivity index (χ1n) is 14.9. The van der Waals surface area contributed by atoms with Crippen LogP contribution >= 0.6 is 46.4 Å². The van der Waals surface area contributed by atoms with Crippen LogP contribution in [0.2, 0.25) is 20.1 Å². The van der Waals surface area contributed by atoms with E-state index >= 15 is 0 Å². The van der Waals surface area contributed by atoms with E-state index in [1.54, 1.807) is 36.4 Å². The Labute approximate surface area is 296 Å². The molecule has 2 atom stereocenters. The normalized spacial score (nSPS) is 12.7. The van der Waals surface area contributed by atoms with Gasteiger partial charge >= 0.3 is 0 Å². The second kappa shape index (κ2) is 16.2. The van der Waals surface area contributed by atoms with Gasteiger partial charge in [0.05, 0.1) is 20.6 Å². The smallest absolute Gasteiger partial charge is 0.264 e. The van der Waals surface area contributed by atoms with E-state index in [2.05, 4.69) is 5.32 Å². The molecule has 0 aliphatic carbocycles. The molecule has 2 amide bonds. The number of hydrogen-bond acceptors (Lipinski definition) is 4. The minimum absolute atomic E-state index is 0.0150. The van der Waals surface area contributed by atoms with Gasteiger partial charge in [-0.25, -0.2) is 8.42 Å². The molecule has 0 aliphatic rings. The number of hydrogen-bond donors (Lipinski definition) is 1. The van der Waals surface area contributed by atoms with E-state index in [4.69, 9.17) is 46.4 Å². The standard InChI is InChI=1S/C35H35Cl4N3O4S/c1-4-24(3)40-35(44)32(19-25-9-6-5-7-10-25)41(21-26-15-16-27(36)20-30(26)38)33(43)22-42(31-12-8-11-29(37)34(31)39)47(45,46)28-17-13-23(2)14-18-28/h5-18,20,24,32H,4,19,21-22H2,1-3H3,(H,40,44)/t24-,32-/m0/s1. The van der Waals surface area contributed by atoms with Crippen LogP contribution in [0.5, 0.6) is 0 Å². The van der Waals surface area contributed by atoms with E-state index in [1.807, 2.05) is 51.1 Å². The first kappa shape index (κ1) is 36.6. The molecule has 0 bridgehead atoms. The molecule has 0 saturated heterocycles. The highest BCUT2D eigenvalue weighted by atomic mass is 35.5. The van der Waals surface area contributed by atoms with Gasteiger partial charge in [0.2, 0.25) is 11.8 Å². The van der Waals surface area contributed by atoms with Gasteiger partial charge in [0, 0.05) is 29.1 Å². The number of amides is 2. The molecule has 0 saturated carbocycles. The Morgan fingerprint density at radius 1 is 0.851 bits per heavy atom. The molecule has 0 fully saturated rings. The number of anilines is 1. The zero-order chi connectivity index (χ0) is 34.3. The predicted octanol–water partition coefficient (Wildman–Crippen LogP) is 8.36. The van der Waals surface area contributed by atoms with E-state index in [0.29, 0.717) is 17.0 Å². The molecule has 0 unspecified atom stereocenters. The molecule has 0 heterocycles. The number of sulfonamides is 1. The summed E-state index contributed by atoms with van der Waals surface area (Å²) in [6.45, 7) is 4.85. The fourth-order valence-corrected chi connectivity index (χ4v) is 7.21. The van der Waals surface area contributed by atoms with Crippen molar-refractivity contribution >= 4 is 73.9 Å². The van der Waals surface area contributed by atoms with Gasteiger partial charge in [-0.2, -0.15) is 0 Å².